The number of nitrogens with two attached hydrogens (primary N) is 1. The molecule has 1 rings (SSSR count). The molecule has 2 N–H and O–H groups in total. The van der Waals surface area contributed by atoms with Gasteiger partial charge in [0.1, 0.15) is 0 Å². The summed E-state index contributed by atoms with van der Waals surface area (Å²) in [6, 6.07) is 9.00. The van der Waals surface area contributed by atoms with Gasteiger partial charge in [0.05, 0.1) is 0 Å². The van der Waals surface area contributed by atoms with Crippen LogP contribution in [0.4, 0.5) is 5.69 Å². The van der Waals surface area contributed by atoms with E-state index in [1.807, 2.05) is 6.92 Å². The van der Waals surface area contributed by atoms with Gasteiger partial charge < -0.3 is 10.6 Å². The fraction of sp³-hybridized carbons (Fsp3) is 0.571. The molecule has 16 heavy (non-hydrogen) atoms. The first-order valence-corrected chi connectivity index (χ1v) is 6.04. The summed E-state index contributed by atoms with van der Waals surface area (Å²) in [5, 5.41) is 0. The predicted molar refractivity (Wildman–Crippen MR) is 71.9 cm³/mol. The zero-order chi connectivity index (χ0) is 12.1. The molecule has 0 amide bonds. The fourth-order valence-electron chi connectivity index (χ4n) is 1.90. The summed E-state index contributed by atoms with van der Waals surface area (Å²) >= 11 is 0. The van der Waals surface area contributed by atoms with Crippen LogP contribution in [0.1, 0.15) is 26.3 Å². The highest BCUT2D eigenvalue weighted by Gasteiger charge is 2.04. The largest absolute Gasteiger partial charge is 0.373 e. The molecule has 0 saturated carbocycles. The van der Waals surface area contributed by atoms with Gasteiger partial charge in [0, 0.05) is 25.3 Å². The Morgan fingerprint density at radius 2 is 1.69 bits per heavy atom. The molecule has 0 aliphatic rings. The number of hydrogen-bond donors (Lipinski definition) is 1. The molecule has 0 radical (unpaired) electrons. The maximum atomic E-state index is 5.78. The molecule has 0 heterocycles. The van der Waals surface area contributed by atoms with Gasteiger partial charge in [0.15, 0.2) is 0 Å². The van der Waals surface area contributed by atoms with Gasteiger partial charge in [-0.1, -0.05) is 26.0 Å². The van der Waals surface area contributed by atoms with Crippen LogP contribution in [0.5, 0.6) is 0 Å². The van der Waals surface area contributed by atoms with Gasteiger partial charge in [-0.25, -0.2) is 0 Å². The van der Waals surface area contributed by atoms with Crippen LogP contribution in [0.15, 0.2) is 24.3 Å². The Hall–Kier alpha value is -1.02. The molecule has 90 valence electrons. The number of likely N-dealkylation sites (N-methyl/N-ethyl adjacent to an activating group) is 1. The van der Waals surface area contributed by atoms with Gasteiger partial charge in [-0.05, 0) is 37.0 Å². The molecule has 2 nitrogen and oxygen atoms in total. The van der Waals surface area contributed by atoms with Gasteiger partial charge in [-0.15, -0.1) is 0 Å². The molecular formula is C14H24N2. The predicted octanol–water partition coefficient (Wildman–Crippen LogP) is 2.67. The number of nitrogens with zero attached hydrogens (tertiary/aromatic N) is 1. The highest BCUT2D eigenvalue weighted by atomic mass is 15.1. The maximum Gasteiger partial charge on any atom is 0.0364 e. The Labute approximate surface area is 99.5 Å². The first kappa shape index (κ1) is 13.0. The summed E-state index contributed by atoms with van der Waals surface area (Å²) in [7, 11) is 2.08. The number of hydrogen-bond acceptors (Lipinski definition) is 2. The van der Waals surface area contributed by atoms with Crippen LogP contribution in [0.2, 0.25) is 0 Å². The van der Waals surface area contributed by atoms with Crippen LogP contribution in [-0.2, 0) is 6.42 Å². The normalized spacial score (nSPS) is 12.9. The van der Waals surface area contributed by atoms with Crippen molar-refractivity contribution in [2.24, 2.45) is 11.7 Å². The summed E-state index contributed by atoms with van der Waals surface area (Å²) in [6.45, 7) is 7.42. The standard InChI is InChI=1S/C14H24N2/c1-11(2)9-13-5-7-14(8-6-13)16(4)10-12(3)15/h5-8,11-12H,9-10,15H2,1-4H3. The Balaban J connectivity index is 2.63. The molecule has 1 aromatic carbocycles. The molecule has 0 saturated heterocycles. The lowest BCUT2D eigenvalue weighted by atomic mass is 10.0. The van der Waals surface area contributed by atoms with Crippen LogP contribution < -0.4 is 10.6 Å². The van der Waals surface area contributed by atoms with Crippen LogP contribution in [-0.4, -0.2) is 19.6 Å². The second-order valence-corrected chi connectivity index (χ2v) is 5.12. The monoisotopic (exact) mass is 220 g/mol. The van der Waals surface area contributed by atoms with Gasteiger partial charge in [-0.2, -0.15) is 0 Å². The molecule has 0 aromatic heterocycles. The minimum atomic E-state index is 0.209. The van der Waals surface area contributed by atoms with E-state index in [0.29, 0.717) is 5.92 Å². The van der Waals surface area contributed by atoms with E-state index in [1.165, 1.54) is 11.3 Å². The quantitative estimate of drug-likeness (QED) is 0.826. The van der Waals surface area contributed by atoms with E-state index in [4.69, 9.17) is 5.73 Å². The van der Waals surface area contributed by atoms with Crippen LogP contribution >= 0.6 is 0 Å². The van der Waals surface area contributed by atoms with Crippen molar-refractivity contribution < 1.29 is 0 Å². The minimum Gasteiger partial charge on any atom is -0.373 e. The summed E-state index contributed by atoms with van der Waals surface area (Å²) in [6.07, 6.45) is 1.15. The van der Waals surface area contributed by atoms with Crippen LogP contribution in [0.3, 0.4) is 0 Å². The molecule has 1 aromatic rings. The Bertz CT molecular complexity index is 301. The maximum absolute atomic E-state index is 5.78. The highest BCUT2D eigenvalue weighted by Crippen LogP contribution is 2.16. The van der Waals surface area contributed by atoms with Crippen molar-refractivity contribution in [1.82, 2.24) is 0 Å². The smallest absolute Gasteiger partial charge is 0.0364 e. The summed E-state index contributed by atoms with van der Waals surface area (Å²) in [4.78, 5) is 2.20. The van der Waals surface area contributed by atoms with E-state index in [2.05, 4.69) is 50.1 Å². The molecule has 2 heteroatoms. The van der Waals surface area contributed by atoms with E-state index in [1.54, 1.807) is 0 Å². The van der Waals surface area contributed by atoms with Crippen molar-refractivity contribution in [1.29, 1.82) is 0 Å². The second-order valence-electron chi connectivity index (χ2n) is 5.12. The molecule has 0 aliphatic carbocycles. The third kappa shape index (κ3) is 4.23. The number of anilines is 1. The fourth-order valence-corrected chi connectivity index (χ4v) is 1.90. The van der Waals surface area contributed by atoms with Crippen molar-refractivity contribution in [3.63, 3.8) is 0 Å². The summed E-state index contributed by atoms with van der Waals surface area (Å²) < 4.78 is 0. The molecular weight excluding hydrogens is 196 g/mol. The Kier molecular flexibility index (Phi) is 4.81. The lowest BCUT2D eigenvalue weighted by Gasteiger charge is -2.21. The van der Waals surface area contributed by atoms with Crippen molar-refractivity contribution in [2.75, 3.05) is 18.5 Å². The average Bonchev–Trinajstić information content (AvgIpc) is 2.16. The van der Waals surface area contributed by atoms with Crippen molar-refractivity contribution >= 4 is 5.69 Å². The molecule has 0 bridgehead atoms. The third-order valence-electron chi connectivity index (χ3n) is 2.58. The van der Waals surface area contributed by atoms with Crippen molar-refractivity contribution in [3.05, 3.63) is 29.8 Å². The van der Waals surface area contributed by atoms with Crippen molar-refractivity contribution in [3.8, 4) is 0 Å². The van der Waals surface area contributed by atoms with E-state index in [-0.39, 0.29) is 6.04 Å². The second kappa shape index (κ2) is 5.90. The van der Waals surface area contributed by atoms with E-state index < -0.39 is 0 Å². The SMILES string of the molecule is CC(C)Cc1ccc(N(C)CC(C)N)cc1. The van der Waals surface area contributed by atoms with E-state index in [9.17, 15) is 0 Å². The molecule has 1 unspecified atom stereocenters. The number of rotatable bonds is 5. The first-order chi connectivity index (χ1) is 7.49. The van der Waals surface area contributed by atoms with Gasteiger partial charge >= 0.3 is 0 Å². The first-order valence-electron chi connectivity index (χ1n) is 6.04. The molecule has 0 spiro atoms. The molecule has 0 fully saturated rings. The lowest BCUT2D eigenvalue weighted by Crippen LogP contribution is -2.32. The van der Waals surface area contributed by atoms with Gasteiger partial charge in [0.2, 0.25) is 0 Å². The van der Waals surface area contributed by atoms with Crippen LogP contribution in [0, 0.1) is 5.92 Å². The molecule has 0 aliphatic heterocycles. The molecule has 1 atom stereocenters. The minimum absolute atomic E-state index is 0.209. The van der Waals surface area contributed by atoms with Gasteiger partial charge in [0.25, 0.3) is 0 Å². The Morgan fingerprint density at radius 3 is 2.12 bits per heavy atom. The van der Waals surface area contributed by atoms with Gasteiger partial charge in [-0.3, -0.25) is 0 Å². The third-order valence-corrected chi connectivity index (χ3v) is 2.58. The van der Waals surface area contributed by atoms with E-state index in [0.717, 1.165) is 13.0 Å². The average molecular weight is 220 g/mol. The van der Waals surface area contributed by atoms with E-state index >= 15 is 0 Å². The number of benzene rings is 1. The van der Waals surface area contributed by atoms with Crippen LogP contribution in [0.25, 0.3) is 0 Å². The lowest BCUT2D eigenvalue weighted by molar-refractivity contribution is 0.647. The highest BCUT2D eigenvalue weighted by molar-refractivity contribution is 5.47. The Morgan fingerprint density at radius 1 is 1.12 bits per heavy atom. The van der Waals surface area contributed by atoms with Crippen molar-refractivity contribution in [2.45, 2.75) is 33.2 Å². The topological polar surface area (TPSA) is 29.3 Å². The summed E-state index contributed by atoms with van der Waals surface area (Å²) in [5.41, 5.74) is 8.44. The zero-order valence-electron chi connectivity index (χ0n) is 10.9. The summed E-state index contributed by atoms with van der Waals surface area (Å²) in [5.74, 6) is 0.715. The zero-order valence-corrected chi connectivity index (χ0v) is 10.9.